The standard InChI is InChI=1S/C17H25ClN2O/c1-3-20(16-7-5-4-6-14(16)11-19)17(21)13-9-8-12(2)15(18)10-13/h8-10,14,16H,3-7,11,19H2,1-2H3. The van der Waals surface area contributed by atoms with Gasteiger partial charge in [0, 0.05) is 23.2 Å². The number of amides is 1. The largest absolute Gasteiger partial charge is 0.336 e. The quantitative estimate of drug-likeness (QED) is 0.923. The van der Waals surface area contributed by atoms with Crippen LogP contribution >= 0.6 is 11.6 Å². The Bertz CT molecular complexity index is 504. The Morgan fingerprint density at radius 3 is 2.71 bits per heavy atom. The molecular weight excluding hydrogens is 284 g/mol. The zero-order valence-corrected chi connectivity index (χ0v) is 13.7. The number of benzene rings is 1. The van der Waals surface area contributed by atoms with Crippen molar-refractivity contribution in [3.8, 4) is 0 Å². The molecule has 0 aromatic heterocycles. The molecule has 2 N–H and O–H groups in total. The first kappa shape index (κ1) is 16.3. The number of hydrogen-bond donors (Lipinski definition) is 1. The van der Waals surface area contributed by atoms with Crippen LogP contribution in [0.1, 0.15) is 48.5 Å². The lowest BCUT2D eigenvalue weighted by molar-refractivity contribution is 0.0560. The van der Waals surface area contributed by atoms with E-state index in [4.69, 9.17) is 17.3 Å². The van der Waals surface area contributed by atoms with Crippen LogP contribution in [0.2, 0.25) is 5.02 Å². The molecule has 0 heterocycles. The second-order valence-corrected chi connectivity index (χ2v) is 6.31. The molecule has 4 heteroatoms. The molecule has 1 aromatic carbocycles. The van der Waals surface area contributed by atoms with E-state index < -0.39 is 0 Å². The van der Waals surface area contributed by atoms with Crippen molar-refractivity contribution >= 4 is 17.5 Å². The fourth-order valence-corrected chi connectivity index (χ4v) is 3.47. The second-order valence-electron chi connectivity index (χ2n) is 5.90. The van der Waals surface area contributed by atoms with E-state index in [1.165, 1.54) is 12.8 Å². The Morgan fingerprint density at radius 1 is 1.38 bits per heavy atom. The molecule has 2 atom stereocenters. The van der Waals surface area contributed by atoms with E-state index in [9.17, 15) is 4.79 Å². The molecule has 0 saturated heterocycles. The van der Waals surface area contributed by atoms with Gasteiger partial charge in [0.05, 0.1) is 0 Å². The van der Waals surface area contributed by atoms with Crippen LogP contribution < -0.4 is 5.73 Å². The van der Waals surface area contributed by atoms with E-state index in [-0.39, 0.29) is 11.9 Å². The van der Waals surface area contributed by atoms with Crippen LogP contribution in [0, 0.1) is 12.8 Å². The maximum Gasteiger partial charge on any atom is 0.254 e. The van der Waals surface area contributed by atoms with Crippen LogP contribution in [0.5, 0.6) is 0 Å². The number of nitrogens with two attached hydrogens (primary N) is 1. The zero-order valence-electron chi connectivity index (χ0n) is 12.9. The topological polar surface area (TPSA) is 46.3 Å². The van der Waals surface area contributed by atoms with Crippen molar-refractivity contribution in [2.45, 2.75) is 45.6 Å². The molecule has 0 radical (unpaired) electrons. The summed E-state index contributed by atoms with van der Waals surface area (Å²) in [4.78, 5) is 14.8. The molecule has 2 rings (SSSR count). The Morgan fingerprint density at radius 2 is 2.10 bits per heavy atom. The van der Waals surface area contributed by atoms with Crippen LogP contribution in [0.4, 0.5) is 0 Å². The van der Waals surface area contributed by atoms with Crippen molar-refractivity contribution in [1.82, 2.24) is 4.90 Å². The smallest absolute Gasteiger partial charge is 0.254 e. The maximum absolute atomic E-state index is 12.8. The van der Waals surface area contributed by atoms with E-state index in [1.807, 2.05) is 30.9 Å². The lowest BCUT2D eigenvalue weighted by atomic mass is 9.83. The summed E-state index contributed by atoms with van der Waals surface area (Å²) in [6, 6.07) is 5.82. The van der Waals surface area contributed by atoms with Crippen LogP contribution in [-0.4, -0.2) is 29.9 Å². The highest BCUT2D eigenvalue weighted by molar-refractivity contribution is 6.31. The van der Waals surface area contributed by atoms with Gasteiger partial charge in [-0.25, -0.2) is 0 Å². The number of nitrogens with zero attached hydrogens (tertiary/aromatic N) is 1. The molecule has 116 valence electrons. The molecule has 1 aromatic rings. The predicted octanol–water partition coefficient (Wildman–Crippen LogP) is 3.63. The highest BCUT2D eigenvalue weighted by Crippen LogP contribution is 2.29. The van der Waals surface area contributed by atoms with Gasteiger partial charge < -0.3 is 10.6 Å². The Labute approximate surface area is 132 Å². The molecule has 3 nitrogen and oxygen atoms in total. The van der Waals surface area contributed by atoms with Crippen molar-refractivity contribution < 1.29 is 4.79 Å². The SMILES string of the molecule is CCN(C(=O)c1ccc(C)c(Cl)c1)C1CCCCC1CN. The molecule has 1 amide bonds. The number of rotatable bonds is 4. The second kappa shape index (κ2) is 7.28. The molecule has 1 aliphatic carbocycles. The third-order valence-electron chi connectivity index (χ3n) is 4.59. The summed E-state index contributed by atoms with van der Waals surface area (Å²) < 4.78 is 0. The van der Waals surface area contributed by atoms with E-state index in [0.717, 1.165) is 18.4 Å². The molecule has 2 unspecified atom stereocenters. The molecule has 0 spiro atoms. The molecule has 0 aliphatic heterocycles. The molecule has 1 fully saturated rings. The Hall–Kier alpha value is -1.06. The summed E-state index contributed by atoms with van der Waals surface area (Å²) in [5, 5.41) is 0.649. The molecule has 21 heavy (non-hydrogen) atoms. The third kappa shape index (κ3) is 3.58. The van der Waals surface area contributed by atoms with Gasteiger partial charge in [-0.05, 0) is 56.8 Å². The highest BCUT2D eigenvalue weighted by atomic mass is 35.5. The maximum atomic E-state index is 12.8. The number of hydrogen-bond acceptors (Lipinski definition) is 2. The average molecular weight is 309 g/mol. The first-order valence-electron chi connectivity index (χ1n) is 7.85. The first-order chi connectivity index (χ1) is 10.1. The van der Waals surface area contributed by atoms with Gasteiger partial charge in [-0.15, -0.1) is 0 Å². The Kier molecular flexibility index (Phi) is 5.65. The van der Waals surface area contributed by atoms with Crippen molar-refractivity contribution in [3.63, 3.8) is 0 Å². The fraction of sp³-hybridized carbons (Fsp3) is 0.588. The van der Waals surface area contributed by atoms with E-state index in [0.29, 0.717) is 29.6 Å². The minimum atomic E-state index is 0.0738. The number of halogens is 1. The summed E-state index contributed by atoms with van der Waals surface area (Å²) in [6.45, 7) is 5.35. The number of aryl methyl sites for hydroxylation is 1. The van der Waals surface area contributed by atoms with Gasteiger partial charge in [-0.2, -0.15) is 0 Å². The van der Waals surface area contributed by atoms with Crippen molar-refractivity contribution in [2.24, 2.45) is 11.7 Å². The number of carbonyl (C=O) groups is 1. The van der Waals surface area contributed by atoms with Gasteiger partial charge in [-0.3, -0.25) is 4.79 Å². The van der Waals surface area contributed by atoms with Crippen molar-refractivity contribution in [2.75, 3.05) is 13.1 Å². The summed E-state index contributed by atoms with van der Waals surface area (Å²) in [6.07, 6.45) is 4.58. The van der Waals surface area contributed by atoms with Crippen LogP contribution in [-0.2, 0) is 0 Å². The normalized spacial score (nSPS) is 22.1. The van der Waals surface area contributed by atoms with Crippen LogP contribution in [0.25, 0.3) is 0 Å². The highest BCUT2D eigenvalue weighted by Gasteiger charge is 2.31. The number of carbonyl (C=O) groups excluding carboxylic acids is 1. The van der Waals surface area contributed by atoms with E-state index in [2.05, 4.69) is 0 Å². The minimum Gasteiger partial charge on any atom is -0.336 e. The van der Waals surface area contributed by atoms with Crippen molar-refractivity contribution in [1.29, 1.82) is 0 Å². The monoisotopic (exact) mass is 308 g/mol. The lowest BCUT2D eigenvalue weighted by Gasteiger charge is -2.39. The average Bonchev–Trinajstić information content (AvgIpc) is 2.51. The minimum absolute atomic E-state index is 0.0738. The predicted molar refractivity (Wildman–Crippen MR) is 87.7 cm³/mol. The summed E-state index contributed by atoms with van der Waals surface area (Å²) >= 11 is 6.16. The first-order valence-corrected chi connectivity index (χ1v) is 8.23. The van der Waals surface area contributed by atoms with Crippen molar-refractivity contribution in [3.05, 3.63) is 34.3 Å². The van der Waals surface area contributed by atoms with E-state index in [1.54, 1.807) is 6.07 Å². The van der Waals surface area contributed by atoms with Crippen LogP contribution in [0.15, 0.2) is 18.2 Å². The van der Waals surface area contributed by atoms with E-state index >= 15 is 0 Å². The molecular formula is C17H25ClN2O. The molecule has 0 bridgehead atoms. The summed E-state index contributed by atoms with van der Waals surface area (Å²) in [5.41, 5.74) is 7.58. The fourth-order valence-electron chi connectivity index (χ4n) is 3.29. The summed E-state index contributed by atoms with van der Waals surface area (Å²) in [5.74, 6) is 0.494. The molecule has 1 aliphatic rings. The Balaban J connectivity index is 2.22. The van der Waals surface area contributed by atoms with Gasteiger partial charge in [0.1, 0.15) is 0 Å². The van der Waals surface area contributed by atoms with Gasteiger partial charge in [0.2, 0.25) is 0 Å². The van der Waals surface area contributed by atoms with Gasteiger partial charge in [0.15, 0.2) is 0 Å². The van der Waals surface area contributed by atoms with Crippen LogP contribution in [0.3, 0.4) is 0 Å². The lowest BCUT2D eigenvalue weighted by Crippen LogP contribution is -2.48. The zero-order chi connectivity index (χ0) is 15.4. The van der Waals surface area contributed by atoms with Gasteiger partial charge in [-0.1, -0.05) is 30.5 Å². The summed E-state index contributed by atoms with van der Waals surface area (Å²) in [7, 11) is 0. The van der Waals surface area contributed by atoms with Gasteiger partial charge >= 0.3 is 0 Å². The molecule has 1 saturated carbocycles. The third-order valence-corrected chi connectivity index (χ3v) is 5.00. The van der Waals surface area contributed by atoms with Gasteiger partial charge in [0.25, 0.3) is 5.91 Å².